The third kappa shape index (κ3) is 5.28. The number of aromatic nitrogens is 2. The summed E-state index contributed by atoms with van der Waals surface area (Å²) in [4.78, 5) is 23.3. The summed E-state index contributed by atoms with van der Waals surface area (Å²) in [6, 6.07) is 9.46. The first-order valence-corrected chi connectivity index (χ1v) is 9.66. The van der Waals surface area contributed by atoms with Crippen LogP contribution in [0.4, 0.5) is 11.8 Å². The van der Waals surface area contributed by atoms with Gasteiger partial charge in [0.2, 0.25) is 5.95 Å². The molecule has 1 aromatic carbocycles. The fraction of sp³-hybridized carbons (Fsp3) is 0.389. The molecule has 1 aliphatic rings. The molecular weight excluding hydrogens is 445 g/mol. The lowest BCUT2D eigenvalue weighted by atomic mass is 10.2. The van der Waals surface area contributed by atoms with E-state index in [1.165, 1.54) is 0 Å². The average molecular weight is 467 g/mol. The Morgan fingerprint density at radius 1 is 1.19 bits per heavy atom. The number of halogens is 1. The molecule has 3 rings (SSSR count). The van der Waals surface area contributed by atoms with Crippen molar-refractivity contribution in [2.75, 3.05) is 49.6 Å². The number of aryl methyl sites for hydroxylation is 1. The molecule has 1 aliphatic heterocycles. The zero-order chi connectivity index (χ0) is 18.4. The molecule has 0 radical (unpaired) electrons. The van der Waals surface area contributed by atoms with Crippen molar-refractivity contribution in [3.05, 3.63) is 45.2 Å². The highest BCUT2D eigenvalue weighted by Gasteiger charge is 2.14. The lowest BCUT2D eigenvalue weighted by Crippen LogP contribution is -2.37. The SMILES string of the molecule is Cc1cc(N2CCOCC2)nc(NCCNC(=O)c2ccc(I)cc2)n1. The third-order valence-electron chi connectivity index (χ3n) is 3.98. The normalized spacial score (nSPS) is 14.2. The molecule has 1 aromatic heterocycles. The van der Waals surface area contributed by atoms with Crippen LogP contribution < -0.4 is 15.5 Å². The van der Waals surface area contributed by atoms with Crippen LogP contribution in [0.3, 0.4) is 0 Å². The van der Waals surface area contributed by atoms with Gasteiger partial charge in [-0.05, 0) is 53.8 Å². The predicted molar refractivity (Wildman–Crippen MR) is 110 cm³/mol. The van der Waals surface area contributed by atoms with Crippen LogP contribution >= 0.6 is 22.6 Å². The fourth-order valence-corrected chi connectivity index (χ4v) is 3.00. The van der Waals surface area contributed by atoms with Gasteiger partial charge in [-0.1, -0.05) is 0 Å². The molecule has 1 amide bonds. The van der Waals surface area contributed by atoms with Crippen LogP contribution in [-0.2, 0) is 4.74 Å². The molecule has 7 nitrogen and oxygen atoms in total. The second-order valence-electron chi connectivity index (χ2n) is 5.98. The van der Waals surface area contributed by atoms with Gasteiger partial charge in [0.1, 0.15) is 5.82 Å². The van der Waals surface area contributed by atoms with E-state index in [9.17, 15) is 4.79 Å². The van der Waals surface area contributed by atoms with Crippen LogP contribution in [0, 0.1) is 10.5 Å². The minimum absolute atomic E-state index is 0.0811. The Bertz CT molecular complexity index is 748. The number of benzene rings is 1. The second-order valence-corrected chi connectivity index (χ2v) is 7.23. The summed E-state index contributed by atoms with van der Waals surface area (Å²) in [7, 11) is 0. The first-order valence-electron chi connectivity index (χ1n) is 8.58. The molecule has 1 saturated heterocycles. The lowest BCUT2D eigenvalue weighted by molar-refractivity contribution is 0.0955. The van der Waals surface area contributed by atoms with Crippen molar-refractivity contribution in [1.82, 2.24) is 15.3 Å². The summed E-state index contributed by atoms with van der Waals surface area (Å²) in [5.41, 5.74) is 1.57. The number of hydrogen-bond donors (Lipinski definition) is 2. The van der Waals surface area contributed by atoms with Gasteiger partial charge in [-0.25, -0.2) is 4.98 Å². The molecule has 8 heteroatoms. The number of amides is 1. The first-order chi connectivity index (χ1) is 12.6. The van der Waals surface area contributed by atoms with Gasteiger partial charge in [0.05, 0.1) is 13.2 Å². The van der Waals surface area contributed by atoms with E-state index in [0.29, 0.717) is 24.6 Å². The Labute approximate surface area is 166 Å². The molecule has 0 unspecified atom stereocenters. The summed E-state index contributed by atoms with van der Waals surface area (Å²) in [6.45, 7) is 6.11. The molecule has 2 aromatic rings. The topological polar surface area (TPSA) is 79.4 Å². The zero-order valence-corrected chi connectivity index (χ0v) is 16.8. The summed E-state index contributed by atoms with van der Waals surface area (Å²) in [5, 5.41) is 6.08. The minimum atomic E-state index is -0.0811. The van der Waals surface area contributed by atoms with Crippen LogP contribution in [0.25, 0.3) is 0 Å². The van der Waals surface area contributed by atoms with Crippen LogP contribution in [0.15, 0.2) is 30.3 Å². The molecule has 2 heterocycles. The van der Waals surface area contributed by atoms with Crippen molar-refractivity contribution in [1.29, 1.82) is 0 Å². The van der Waals surface area contributed by atoms with Crippen molar-refractivity contribution < 1.29 is 9.53 Å². The third-order valence-corrected chi connectivity index (χ3v) is 4.70. The smallest absolute Gasteiger partial charge is 0.251 e. The molecule has 1 fully saturated rings. The van der Waals surface area contributed by atoms with Gasteiger partial charge >= 0.3 is 0 Å². The summed E-state index contributed by atoms with van der Waals surface area (Å²) >= 11 is 2.22. The molecule has 26 heavy (non-hydrogen) atoms. The molecular formula is C18H22IN5O2. The largest absolute Gasteiger partial charge is 0.378 e. The Hall–Kier alpha value is -1.94. The van der Waals surface area contributed by atoms with Crippen LogP contribution in [0.2, 0.25) is 0 Å². The molecule has 0 bridgehead atoms. The number of ether oxygens (including phenoxy) is 1. The number of hydrogen-bond acceptors (Lipinski definition) is 6. The van der Waals surface area contributed by atoms with E-state index in [0.717, 1.165) is 41.4 Å². The van der Waals surface area contributed by atoms with E-state index in [1.807, 2.05) is 37.3 Å². The Morgan fingerprint density at radius 3 is 2.65 bits per heavy atom. The van der Waals surface area contributed by atoms with E-state index in [4.69, 9.17) is 4.74 Å². The standard InChI is InChI=1S/C18H22IN5O2/c1-13-12-16(24-8-10-26-11-9-24)23-18(22-13)21-7-6-20-17(25)14-2-4-15(19)5-3-14/h2-5,12H,6-11H2,1H3,(H,20,25)(H,21,22,23). The van der Waals surface area contributed by atoms with Gasteiger partial charge in [-0.3, -0.25) is 4.79 Å². The van der Waals surface area contributed by atoms with Gasteiger partial charge in [-0.15, -0.1) is 0 Å². The number of nitrogens with zero attached hydrogens (tertiary/aromatic N) is 3. The maximum Gasteiger partial charge on any atom is 0.251 e. The van der Waals surface area contributed by atoms with E-state index >= 15 is 0 Å². The summed E-state index contributed by atoms with van der Waals surface area (Å²) in [6.07, 6.45) is 0. The maximum absolute atomic E-state index is 12.1. The van der Waals surface area contributed by atoms with E-state index in [2.05, 4.69) is 48.1 Å². The highest BCUT2D eigenvalue weighted by Crippen LogP contribution is 2.16. The molecule has 0 atom stereocenters. The molecule has 2 N–H and O–H groups in total. The molecule has 0 aliphatic carbocycles. The van der Waals surface area contributed by atoms with Crippen molar-refractivity contribution in [3.8, 4) is 0 Å². The Balaban J connectivity index is 1.50. The van der Waals surface area contributed by atoms with E-state index in [1.54, 1.807) is 0 Å². The number of carbonyl (C=O) groups is 1. The predicted octanol–water partition coefficient (Wildman–Crippen LogP) is 2.07. The van der Waals surface area contributed by atoms with Gasteiger partial charge in [-0.2, -0.15) is 4.98 Å². The highest BCUT2D eigenvalue weighted by molar-refractivity contribution is 14.1. The summed E-state index contributed by atoms with van der Waals surface area (Å²) < 4.78 is 6.49. The average Bonchev–Trinajstić information content (AvgIpc) is 2.66. The number of morpholine rings is 1. The second kappa shape index (κ2) is 9.13. The maximum atomic E-state index is 12.1. The first kappa shape index (κ1) is 18.8. The quantitative estimate of drug-likeness (QED) is 0.501. The van der Waals surface area contributed by atoms with Crippen molar-refractivity contribution in [3.63, 3.8) is 0 Å². The van der Waals surface area contributed by atoms with Gasteiger partial charge in [0.15, 0.2) is 0 Å². The van der Waals surface area contributed by atoms with Crippen molar-refractivity contribution in [2.24, 2.45) is 0 Å². The van der Waals surface area contributed by atoms with Crippen LogP contribution in [-0.4, -0.2) is 55.3 Å². The molecule has 0 spiro atoms. The number of anilines is 2. The number of carbonyl (C=O) groups excluding carboxylic acids is 1. The summed E-state index contributed by atoms with van der Waals surface area (Å²) in [5.74, 6) is 1.41. The Kier molecular flexibility index (Phi) is 6.62. The molecule has 0 saturated carbocycles. The van der Waals surface area contributed by atoms with Crippen LogP contribution in [0.1, 0.15) is 16.1 Å². The molecule has 138 valence electrons. The van der Waals surface area contributed by atoms with Crippen molar-refractivity contribution >= 4 is 40.3 Å². The number of nitrogens with one attached hydrogen (secondary N) is 2. The van der Waals surface area contributed by atoms with Gasteiger partial charge < -0.3 is 20.3 Å². The fourth-order valence-electron chi connectivity index (χ4n) is 2.64. The van der Waals surface area contributed by atoms with E-state index in [-0.39, 0.29) is 5.91 Å². The monoisotopic (exact) mass is 467 g/mol. The van der Waals surface area contributed by atoms with Crippen LogP contribution in [0.5, 0.6) is 0 Å². The van der Waals surface area contributed by atoms with Gasteiger partial charge in [0.25, 0.3) is 5.91 Å². The zero-order valence-electron chi connectivity index (χ0n) is 14.7. The van der Waals surface area contributed by atoms with Gasteiger partial charge in [0, 0.05) is 47.1 Å². The van der Waals surface area contributed by atoms with Crippen molar-refractivity contribution in [2.45, 2.75) is 6.92 Å². The number of rotatable bonds is 6. The minimum Gasteiger partial charge on any atom is -0.378 e. The Morgan fingerprint density at radius 2 is 1.92 bits per heavy atom. The van der Waals surface area contributed by atoms with E-state index < -0.39 is 0 Å². The lowest BCUT2D eigenvalue weighted by Gasteiger charge is -2.28. The highest BCUT2D eigenvalue weighted by atomic mass is 127.